The van der Waals surface area contributed by atoms with Gasteiger partial charge in [-0.25, -0.2) is 5.84 Å². The van der Waals surface area contributed by atoms with Crippen molar-refractivity contribution in [2.75, 3.05) is 19.2 Å². The average Bonchev–Trinajstić information content (AvgIpc) is 2.47. The van der Waals surface area contributed by atoms with Gasteiger partial charge in [0.15, 0.2) is 0 Å². The Hall–Kier alpha value is -1.91. The minimum atomic E-state index is 0. The molecule has 2 N–H and O–H groups in total. The van der Waals surface area contributed by atoms with Gasteiger partial charge in [-0.05, 0) is 48.5 Å². The van der Waals surface area contributed by atoms with Gasteiger partial charge in [0, 0.05) is 0 Å². The zero-order valence-corrected chi connectivity index (χ0v) is 11.7. The summed E-state index contributed by atoms with van der Waals surface area (Å²) in [5.74, 6) is 7.67. The molecule has 0 radical (unpaired) electrons. The van der Waals surface area contributed by atoms with E-state index in [9.17, 15) is 0 Å². The van der Waals surface area contributed by atoms with Gasteiger partial charge in [-0.3, -0.25) is 5.01 Å². The Morgan fingerprint density at radius 1 is 0.737 bits per heavy atom. The van der Waals surface area contributed by atoms with Gasteiger partial charge in [0.25, 0.3) is 0 Å². The Balaban J connectivity index is 0.00000180. The summed E-state index contributed by atoms with van der Waals surface area (Å²) in [4.78, 5) is 0. The van der Waals surface area contributed by atoms with E-state index >= 15 is 0 Å². The molecule has 2 aromatic carbocycles. The summed E-state index contributed by atoms with van der Waals surface area (Å²) in [6.07, 6.45) is 0. The van der Waals surface area contributed by atoms with Gasteiger partial charge >= 0.3 is 0 Å². The highest BCUT2D eigenvalue weighted by Crippen LogP contribution is 2.25. The molecule has 0 aromatic heterocycles. The maximum absolute atomic E-state index is 6.05. The number of anilines is 2. The first-order chi connectivity index (χ1) is 8.74. The van der Waals surface area contributed by atoms with Crippen molar-refractivity contribution < 1.29 is 9.47 Å². The third-order valence-corrected chi connectivity index (χ3v) is 2.70. The third-order valence-electron chi connectivity index (χ3n) is 2.70. The third kappa shape index (κ3) is 3.53. The van der Waals surface area contributed by atoms with Gasteiger partial charge in [0.2, 0.25) is 0 Å². The topological polar surface area (TPSA) is 47.7 Å². The molecule has 19 heavy (non-hydrogen) atoms. The molecule has 0 atom stereocenters. The van der Waals surface area contributed by atoms with E-state index in [1.165, 1.54) is 0 Å². The number of benzene rings is 2. The second-order valence-corrected chi connectivity index (χ2v) is 3.77. The number of rotatable bonds is 4. The molecule has 5 heteroatoms. The zero-order valence-electron chi connectivity index (χ0n) is 10.9. The van der Waals surface area contributed by atoms with Gasteiger partial charge in [0.05, 0.1) is 25.6 Å². The summed E-state index contributed by atoms with van der Waals surface area (Å²) in [7, 11) is 3.28. The number of nitrogens with zero attached hydrogens (tertiary/aromatic N) is 1. The Kier molecular flexibility index (Phi) is 5.48. The van der Waals surface area contributed by atoms with E-state index in [0.29, 0.717) is 0 Å². The highest BCUT2D eigenvalue weighted by molar-refractivity contribution is 5.85. The first-order valence-electron chi connectivity index (χ1n) is 5.57. The molecule has 0 saturated heterocycles. The largest absolute Gasteiger partial charge is 0.497 e. The van der Waals surface area contributed by atoms with E-state index in [1.54, 1.807) is 19.2 Å². The van der Waals surface area contributed by atoms with Crippen LogP contribution in [0.4, 0.5) is 11.4 Å². The van der Waals surface area contributed by atoms with Crippen LogP contribution in [0.2, 0.25) is 0 Å². The molecule has 0 fully saturated rings. The molecule has 0 spiro atoms. The molecular weight excluding hydrogens is 264 g/mol. The molecular formula is C14H17ClN2O2. The second kappa shape index (κ2) is 6.87. The summed E-state index contributed by atoms with van der Waals surface area (Å²) in [6, 6.07) is 15.1. The molecule has 0 aliphatic carbocycles. The fraction of sp³-hybridized carbons (Fsp3) is 0.143. The predicted molar refractivity (Wildman–Crippen MR) is 79.6 cm³/mol. The van der Waals surface area contributed by atoms with Crippen LogP contribution in [-0.2, 0) is 0 Å². The van der Waals surface area contributed by atoms with Crippen LogP contribution < -0.4 is 20.3 Å². The van der Waals surface area contributed by atoms with Gasteiger partial charge in [-0.2, -0.15) is 0 Å². The number of hydrazine groups is 1. The summed E-state index contributed by atoms with van der Waals surface area (Å²) in [5.41, 5.74) is 1.78. The minimum Gasteiger partial charge on any atom is -0.497 e. The first kappa shape index (κ1) is 15.1. The van der Waals surface area contributed by atoms with E-state index in [1.807, 2.05) is 48.5 Å². The number of ether oxygens (including phenoxy) is 2. The van der Waals surface area contributed by atoms with Crippen LogP contribution in [0.25, 0.3) is 0 Å². The van der Waals surface area contributed by atoms with Gasteiger partial charge in [-0.1, -0.05) is 0 Å². The van der Waals surface area contributed by atoms with Gasteiger partial charge < -0.3 is 9.47 Å². The van der Waals surface area contributed by atoms with Crippen LogP contribution in [-0.4, -0.2) is 14.2 Å². The van der Waals surface area contributed by atoms with E-state index in [-0.39, 0.29) is 12.4 Å². The standard InChI is InChI=1S/C14H16N2O2.ClH/c1-17-13-7-3-11(4-8-13)16(15)12-5-9-14(18-2)10-6-12;/h3-10H,15H2,1-2H3;1H. The minimum absolute atomic E-state index is 0. The fourth-order valence-electron chi connectivity index (χ4n) is 1.63. The summed E-state index contributed by atoms with van der Waals surface area (Å²) in [5, 5.41) is 1.61. The number of nitrogens with two attached hydrogens (primary N) is 1. The van der Waals surface area contributed by atoms with E-state index in [4.69, 9.17) is 15.3 Å². The van der Waals surface area contributed by atoms with Crippen LogP contribution in [0.5, 0.6) is 11.5 Å². The highest BCUT2D eigenvalue weighted by Gasteiger charge is 2.04. The molecule has 102 valence electrons. The summed E-state index contributed by atoms with van der Waals surface area (Å²) >= 11 is 0. The van der Waals surface area contributed by atoms with E-state index < -0.39 is 0 Å². The normalized spacial score (nSPS) is 9.42. The van der Waals surface area contributed by atoms with Gasteiger partial charge in [-0.15, -0.1) is 12.4 Å². The van der Waals surface area contributed by atoms with Crippen LogP contribution in [0, 0.1) is 0 Å². The summed E-state index contributed by atoms with van der Waals surface area (Å²) in [6.45, 7) is 0. The molecule has 0 saturated carbocycles. The van der Waals surface area contributed by atoms with E-state index in [0.717, 1.165) is 22.9 Å². The smallest absolute Gasteiger partial charge is 0.119 e. The number of methoxy groups -OCH3 is 2. The monoisotopic (exact) mass is 280 g/mol. The lowest BCUT2D eigenvalue weighted by atomic mass is 10.2. The lowest BCUT2D eigenvalue weighted by molar-refractivity contribution is 0.415. The molecule has 0 aliphatic rings. The van der Waals surface area contributed by atoms with Crippen LogP contribution in [0.1, 0.15) is 0 Å². The number of hydrogen-bond donors (Lipinski definition) is 1. The Morgan fingerprint density at radius 3 is 1.32 bits per heavy atom. The Bertz CT molecular complexity index is 452. The van der Waals surface area contributed by atoms with Crippen molar-refractivity contribution in [3.05, 3.63) is 48.5 Å². The Labute approximate surface area is 119 Å². The van der Waals surface area contributed by atoms with Crippen molar-refractivity contribution in [2.24, 2.45) is 5.84 Å². The average molecular weight is 281 g/mol. The number of hydrogen-bond acceptors (Lipinski definition) is 4. The maximum atomic E-state index is 6.05. The SMILES string of the molecule is COc1ccc(N(N)c2ccc(OC)cc2)cc1.Cl. The van der Waals surface area contributed by atoms with Crippen LogP contribution in [0.15, 0.2) is 48.5 Å². The Morgan fingerprint density at radius 2 is 1.05 bits per heavy atom. The van der Waals surface area contributed by atoms with Crippen molar-refractivity contribution >= 4 is 23.8 Å². The lowest BCUT2D eigenvalue weighted by Gasteiger charge is -2.19. The quantitative estimate of drug-likeness (QED) is 0.690. The molecule has 0 aliphatic heterocycles. The van der Waals surface area contributed by atoms with Crippen molar-refractivity contribution in [3.63, 3.8) is 0 Å². The summed E-state index contributed by atoms with van der Waals surface area (Å²) < 4.78 is 10.2. The lowest BCUT2D eigenvalue weighted by Crippen LogP contribution is -2.24. The van der Waals surface area contributed by atoms with Crippen molar-refractivity contribution in [2.45, 2.75) is 0 Å². The van der Waals surface area contributed by atoms with Crippen molar-refractivity contribution in [1.82, 2.24) is 0 Å². The maximum Gasteiger partial charge on any atom is 0.119 e. The molecule has 0 unspecified atom stereocenters. The molecule has 0 heterocycles. The second-order valence-electron chi connectivity index (χ2n) is 3.77. The molecule has 2 aromatic rings. The van der Waals surface area contributed by atoms with E-state index in [2.05, 4.69) is 0 Å². The molecule has 0 bridgehead atoms. The van der Waals surface area contributed by atoms with Gasteiger partial charge in [0.1, 0.15) is 11.5 Å². The highest BCUT2D eigenvalue weighted by atomic mass is 35.5. The predicted octanol–water partition coefficient (Wildman–Crippen LogP) is 3.14. The van der Waals surface area contributed by atoms with Crippen LogP contribution >= 0.6 is 12.4 Å². The fourth-order valence-corrected chi connectivity index (χ4v) is 1.63. The zero-order chi connectivity index (χ0) is 13.0. The molecule has 0 amide bonds. The molecule has 2 rings (SSSR count). The number of halogens is 1. The molecule has 4 nitrogen and oxygen atoms in total. The van der Waals surface area contributed by atoms with Crippen LogP contribution in [0.3, 0.4) is 0 Å². The van der Waals surface area contributed by atoms with Crippen molar-refractivity contribution in [1.29, 1.82) is 0 Å². The first-order valence-corrected chi connectivity index (χ1v) is 5.57. The van der Waals surface area contributed by atoms with Crippen molar-refractivity contribution in [3.8, 4) is 11.5 Å².